The summed E-state index contributed by atoms with van der Waals surface area (Å²) in [5.74, 6) is 0.395. The lowest BCUT2D eigenvalue weighted by Gasteiger charge is -2.42. The van der Waals surface area contributed by atoms with Crippen molar-refractivity contribution in [3.8, 4) is 34.1 Å². The van der Waals surface area contributed by atoms with Gasteiger partial charge in [-0.15, -0.1) is 10.2 Å². The number of nitrogens with one attached hydrogen (secondary N) is 1. The van der Waals surface area contributed by atoms with Crippen LogP contribution in [0.3, 0.4) is 0 Å². The molecule has 2 bridgehead atoms. The van der Waals surface area contributed by atoms with Crippen molar-refractivity contribution in [2.75, 3.05) is 0 Å². The first-order chi connectivity index (χ1) is 14.6. The van der Waals surface area contributed by atoms with Gasteiger partial charge in [-0.25, -0.2) is 4.39 Å². The number of hydrogen-bond donors (Lipinski definition) is 2. The molecule has 2 aliphatic heterocycles. The van der Waals surface area contributed by atoms with E-state index in [1.807, 2.05) is 25.4 Å². The highest BCUT2D eigenvalue weighted by molar-refractivity contribution is 5.72. The summed E-state index contributed by atoms with van der Waals surface area (Å²) in [6, 6.07) is 10.8. The van der Waals surface area contributed by atoms with E-state index in [2.05, 4.69) is 20.6 Å². The van der Waals surface area contributed by atoms with Gasteiger partial charge in [0.05, 0.1) is 11.4 Å². The summed E-state index contributed by atoms with van der Waals surface area (Å²) in [6.07, 6.45) is 3.89. The van der Waals surface area contributed by atoms with Crippen LogP contribution in [0.4, 0.5) is 4.39 Å². The quantitative estimate of drug-likeness (QED) is 0.688. The Labute approximate surface area is 173 Å². The Morgan fingerprint density at radius 1 is 1.13 bits per heavy atom. The van der Waals surface area contributed by atoms with E-state index in [1.54, 1.807) is 28.9 Å². The molecule has 0 radical (unpaired) electrons. The summed E-state index contributed by atoms with van der Waals surface area (Å²) in [5, 5.41) is 26.5. The van der Waals surface area contributed by atoms with Gasteiger partial charge in [-0.3, -0.25) is 4.68 Å². The second kappa shape index (κ2) is 7.68. The first-order valence-corrected chi connectivity index (χ1v) is 10.3. The number of aromatic nitrogens is 4. The van der Waals surface area contributed by atoms with Crippen LogP contribution in [0, 0.1) is 0 Å². The van der Waals surface area contributed by atoms with E-state index in [-0.39, 0.29) is 11.8 Å². The van der Waals surface area contributed by atoms with E-state index >= 15 is 0 Å². The number of ether oxygens (including phenoxy) is 1. The maximum Gasteiger partial charge on any atom is 0.233 e. The fourth-order valence-electron chi connectivity index (χ4n) is 4.43. The molecule has 0 aliphatic carbocycles. The molecule has 2 fully saturated rings. The zero-order valence-corrected chi connectivity index (χ0v) is 16.7. The van der Waals surface area contributed by atoms with Crippen LogP contribution in [0.1, 0.15) is 25.7 Å². The molecule has 2 saturated heterocycles. The third-order valence-corrected chi connectivity index (χ3v) is 5.97. The van der Waals surface area contributed by atoms with Crippen LogP contribution in [-0.4, -0.2) is 49.4 Å². The maximum absolute atomic E-state index is 14.7. The zero-order valence-electron chi connectivity index (χ0n) is 16.7. The Balaban J connectivity index is 1.31. The number of piperidine rings is 2. The van der Waals surface area contributed by atoms with Crippen molar-refractivity contribution in [3.63, 3.8) is 0 Å². The Hall–Kier alpha value is -3.00. The minimum absolute atomic E-state index is 0.0936. The molecule has 30 heavy (non-hydrogen) atoms. The van der Waals surface area contributed by atoms with Gasteiger partial charge in [0.15, 0.2) is 6.17 Å². The molecule has 0 saturated carbocycles. The number of benzene rings is 1. The predicted molar refractivity (Wildman–Crippen MR) is 110 cm³/mol. The summed E-state index contributed by atoms with van der Waals surface area (Å²) >= 11 is 0. The number of halogens is 1. The Morgan fingerprint density at radius 3 is 2.77 bits per heavy atom. The molecule has 1 aromatic carbocycles. The molecule has 2 aromatic heterocycles. The molecule has 2 N–H and O–H groups in total. The molecule has 0 unspecified atom stereocenters. The number of hydrogen-bond acceptors (Lipinski definition) is 6. The van der Waals surface area contributed by atoms with Crippen LogP contribution in [0.25, 0.3) is 22.5 Å². The Kier molecular flexibility index (Phi) is 4.86. The highest BCUT2D eigenvalue weighted by Crippen LogP contribution is 2.33. The lowest BCUT2D eigenvalue weighted by Crippen LogP contribution is -2.59. The molecule has 0 spiro atoms. The fourth-order valence-corrected chi connectivity index (χ4v) is 4.43. The van der Waals surface area contributed by atoms with E-state index < -0.39 is 12.3 Å². The molecule has 4 atom stereocenters. The first kappa shape index (κ1) is 19.0. The molecule has 8 heteroatoms. The number of phenolic OH excluding ortho intramolecular Hbond substituents is 1. The zero-order chi connectivity index (χ0) is 20.7. The van der Waals surface area contributed by atoms with Crippen molar-refractivity contribution in [2.24, 2.45) is 7.05 Å². The Morgan fingerprint density at radius 2 is 2.03 bits per heavy atom. The van der Waals surface area contributed by atoms with Gasteiger partial charge in [0.25, 0.3) is 0 Å². The molecule has 156 valence electrons. The van der Waals surface area contributed by atoms with Crippen molar-refractivity contribution in [1.29, 1.82) is 0 Å². The molecule has 3 aromatic rings. The van der Waals surface area contributed by atoms with Crippen LogP contribution in [0.5, 0.6) is 11.6 Å². The summed E-state index contributed by atoms with van der Waals surface area (Å²) < 4.78 is 22.3. The third-order valence-electron chi connectivity index (χ3n) is 5.97. The SMILES string of the molecule is Cn1ccc(-c2ccc(-c3ccc(O[C@@H]4C[C@H]5CCC[C@H](N5)[C@@H]4F)nn3)c(O)c2)n1. The topological polar surface area (TPSA) is 85.1 Å². The van der Waals surface area contributed by atoms with Crippen molar-refractivity contribution < 1.29 is 14.2 Å². The highest BCUT2D eigenvalue weighted by Gasteiger charge is 2.41. The van der Waals surface area contributed by atoms with Crippen molar-refractivity contribution in [1.82, 2.24) is 25.3 Å². The highest BCUT2D eigenvalue weighted by atomic mass is 19.1. The number of phenols is 1. The number of rotatable bonds is 4. The van der Waals surface area contributed by atoms with E-state index in [0.717, 1.165) is 30.5 Å². The monoisotopic (exact) mass is 409 g/mol. The van der Waals surface area contributed by atoms with Crippen LogP contribution in [-0.2, 0) is 7.05 Å². The second-order valence-electron chi connectivity index (χ2n) is 8.10. The van der Waals surface area contributed by atoms with Crippen LogP contribution >= 0.6 is 0 Å². The number of alkyl halides is 1. The molecular formula is C22H24FN5O2. The smallest absolute Gasteiger partial charge is 0.233 e. The van der Waals surface area contributed by atoms with Crippen LogP contribution in [0.15, 0.2) is 42.6 Å². The Bertz CT molecular complexity index is 1040. The predicted octanol–water partition coefficient (Wildman–Crippen LogP) is 3.25. The van der Waals surface area contributed by atoms with Gasteiger partial charge in [-0.05, 0) is 37.1 Å². The van der Waals surface area contributed by atoms with Crippen LogP contribution in [0.2, 0.25) is 0 Å². The standard InChI is InChI=1S/C22H24FN5O2/c1-28-10-9-16(27-28)13-5-6-15(19(29)11-13)17-7-8-21(26-25-17)30-20-12-14-3-2-4-18(24-14)22(20)23/h5-11,14,18,20,22,24,29H,2-4,12H2,1H3/t14-,18+,20-,22+/m1/s1. The second-order valence-corrected chi connectivity index (χ2v) is 8.10. The number of fused-ring (bicyclic) bond motifs is 2. The molecule has 0 amide bonds. The lowest BCUT2D eigenvalue weighted by atomic mass is 9.84. The van der Waals surface area contributed by atoms with E-state index in [1.165, 1.54) is 0 Å². The normalized spacial score (nSPS) is 25.8. The van der Waals surface area contributed by atoms with Crippen LogP contribution < -0.4 is 10.1 Å². The van der Waals surface area contributed by atoms with Crippen molar-refractivity contribution in [2.45, 2.75) is 50.0 Å². The molecular weight excluding hydrogens is 385 g/mol. The molecule has 7 nitrogen and oxygen atoms in total. The van der Waals surface area contributed by atoms with E-state index in [4.69, 9.17) is 4.74 Å². The first-order valence-electron chi connectivity index (χ1n) is 10.3. The minimum Gasteiger partial charge on any atom is -0.507 e. The largest absolute Gasteiger partial charge is 0.507 e. The minimum atomic E-state index is -1.05. The van der Waals surface area contributed by atoms with Gasteiger partial charge in [0.2, 0.25) is 5.88 Å². The van der Waals surface area contributed by atoms with Crippen molar-refractivity contribution >= 4 is 0 Å². The number of aromatic hydroxyl groups is 1. The average molecular weight is 409 g/mol. The number of aryl methyl sites for hydroxylation is 1. The summed E-state index contributed by atoms with van der Waals surface area (Å²) in [7, 11) is 1.85. The molecule has 4 heterocycles. The maximum atomic E-state index is 14.7. The van der Waals surface area contributed by atoms with E-state index in [9.17, 15) is 9.50 Å². The van der Waals surface area contributed by atoms with Gasteiger partial charge in [0.1, 0.15) is 11.9 Å². The average Bonchev–Trinajstić information content (AvgIpc) is 3.19. The molecule has 5 rings (SSSR count). The van der Waals surface area contributed by atoms with E-state index in [0.29, 0.717) is 29.6 Å². The fraction of sp³-hybridized carbons (Fsp3) is 0.409. The summed E-state index contributed by atoms with van der Waals surface area (Å²) in [5.41, 5.74) is 2.68. The van der Waals surface area contributed by atoms with Gasteiger partial charge < -0.3 is 15.2 Å². The number of nitrogens with zero attached hydrogens (tertiary/aromatic N) is 4. The summed E-state index contributed by atoms with van der Waals surface area (Å²) in [6.45, 7) is 0. The lowest BCUT2D eigenvalue weighted by molar-refractivity contribution is 0.00652. The molecule has 2 aliphatic rings. The van der Waals surface area contributed by atoms with Gasteiger partial charge in [-0.2, -0.15) is 5.10 Å². The summed E-state index contributed by atoms with van der Waals surface area (Å²) in [4.78, 5) is 0. The van der Waals surface area contributed by atoms with Gasteiger partial charge >= 0.3 is 0 Å². The third kappa shape index (κ3) is 3.63. The van der Waals surface area contributed by atoms with Gasteiger partial charge in [-0.1, -0.05) is 12.5 Å². The van der Waals surface area contributed by atoms with Crippen molar-refractivity contribution in [3.05, 3.63) is 42.6 Å². The van der Waals surface area contributed by atoms with Gasteiger partial charge in [0, 0.05) is 48.9 Å².